The van der Waals surface area contributed by atoms with E-state index in [1.54, 1.807) is 17.8 Å². The van der Waals surface area contributed by atoms with Gasteiger partial charge in [-0.25, -0.2) is 13.6 Å². The molecule has 0 aromatic carbocycles. The van der Waals surface area contributed by atoms with Crippen LogP contribution in [0.15, 0.2) is 14.5 Å². The Morgan fingerprint density at radius 3 is 3.00 bits per heavy atom. The van der Waals surface area contributed by atoms with E-state index < -0.39 is 10.0 Å². The lowest BCUT2D eigenvalue weighted by Gasteiger charge is -2.21. The number of thioether (sulfide) groups is 1. The zero-order valence-corrected chi connectivity index (χ0v) is 12.1. The first-order chi connectivity index (χ1) is 8.02. The van der Waals surface area contributed by atoms with Gasteiger partial charge in [-0.2, -0.15) is 0 Å². The number of primary sulfonamides is 1. The SMILES string of the molecule is CCNCC1CCSc2sc(S(N)(=O)=O)cc21. The third kappa shape index (κ3) is 3.03. The minimum Gasteiger partial charge on any atom is -0.316 e. The van der Waals surface area contributed by atoms with Crippen LogP contribution < -0.4 is 10.5 Å². The minimum atomic E-state index is -3.56. The topological polar surface area (TPSA) is 72.2 Å². The van der Waals surface area contributed by atoms with E-state index in [0.717, 1.165) is 35.0 Å². The fraction of sp³-hybridized carbons (Fsp3) is 0.600. The smallest absolute Gasteiger partial charge is 0.247 e. The Morgan fingerprint density at radius 1 is 1.59 bits per heavy atom. The first-order valence-corrected chi connectivity index (χ1v) is 8.87. The van der Waals surface area contributed by atoms with Crippen molar-refractivity contribution in [2.24, 2.45) is 5.14 Å². The van der Waals surface area contributed by atoms with E-state index in [4.69, 9.17) is 5.14 Å². The van der Waals surface area contributed by atoms with Crippen molar-refractivity contribution in [1.82, 2.24) is 5.32 Å². The first-order valence-electron chi connectivity index (χ1n) is 5.52. The normalized spacial score (nSPS) is 20.2. The van der Waals surface area contributed by atoms with Gasteiger partial charge in [0.1, 0.15) is 4.21 Å². The quantitative estimate of drug-likeness (QED) is 0.884. The van der Waals surface area contributed by atoms with Gasteiger partial charge in [-0.1, -0.05) is 6.92 Å². The molecule has 0 amide bonds. The van der Waals surface area contributed by atoms with Crippen LogP contribution in [0.25, 0.3) is 0 Å². The predicted molar refractivity (Wildman–Crippen MR) is 72.3 cm³/mol. The van der Waals surface area contributed by atoms with Crippen LogP contribution in [0.2, 0.25) is 0 Å². The summed E-state index contributed by atoms with van der Waals surface area (Å²) < 4.78 is 24.1. The van der Waals surface area contributed by atoms with Gasteiger partial charge in [0, 0.05) is 6.54 Å². The van der Waals surface area contributed by atoms with Crippen molar-refractivity contribution >= 4 is 33.1 Å². The number of hydrogen-bond donors (Lipinski definition) is 2. The van der Waals surface area contributed by atoms with Crippen LogP contribution in [0.4, 0.5) is 0 Å². The van der Waals surface area contributed by atoms with Gasteiger partial charge in [0.2, 0.25) is 10.0 Å². The lowest BCUT2D eigenvalue weighted by molar-refractivity contribution is 0.577. The van der Waals surface area contributed by atoms with Crippen molar-refractivity contribution in [2.75, 3.05) is 18.8 Å². The molecule has 7 heteroatoms. The summed E-state index contributed by atoms with van der Waals surface area (Å²) in [5.74, 6) is 1.46. The van der Waals surface area contributed by atoms with Crippen LogP contribution in [0.5, 0.6) is 0 Å². The van der Waals surface area contributed by atoms with E-state index >= 15 is 0 Å². The molecule has 17 heavy (non-hydrogen) atoms. The largest absolute Gasteiger partial charge is 0.316 e. The van der Waals surface area contributed by atoms with Gasteiger partial charge < -0.3 is 5.32 Å². The maximum absolute atomic E-state index is 11.3. The van der Waals surface area contributed by atoms with Gasteiger partial charge in [0.15, 0.2) is 0 Å². The molecule has 4 nitrogen and oxygen atoms in total. The summed E-state index contributed by atoms with van der Waals surface area (Å²) in [4.78, 5) is 0. The molecule has 0 fully saturated rings. The second kappa shape index (κ2) is 5.27. The molecule has 0 radical (unpaired) electrons. The maximum atomic E-state index is 11.3. The van der Waals surface area contributed by atoms with Crippen LogP contribution in [-0.4, -0.2) is 27.3 Å². The number of nitrogens with one attached hydrogen (secondary N) is 1. The summed E-state index contributed by atoms with van der Waals surface area (Å²) in [5.41, 5.74) is 1.15. The Labute approximate surface area is 110 Å². The molecular formula is C10H16N2O2S3. The molecule has 1 aliphatic rings. The summed E-state index contributed by atoms with van der Waals surface area (Å²) >= 11 is 3.04. The fourth-order valence-corrected chi connectivity index (χ4v) is 5.49. The summed E-state index contributed by atoms with van der Waals surface area (Å²) in [7, 11) is -3.56. The summed E-state index contributed by atoms with van der Waals surface area (Å²) in [5, 5.41) is 8.49. The number of nitrogens with two attached hydrogens (primary N) is 1. The number of sulfonamides is 1. The van der Waals surface area contributed by atoms with Crippen molar-refractivity contribution in [3.05, 3.63) is 11.6 Å². The van der Waals surface area contributed by atoms with E-state index in [9.17, 15) is 8.42 Å². The molecule has 0 saturated heterocycles. The number of thiophene rings is 1. The minimum absolute atomic E-state index is 0.290. The molecule has 1 aromatic heterocycles. The van der Waals surface area contributed by atoms with Gasteiger partial charge in [0.25, 0.3) is 0 Å². The standard InChI is InChI=1S/C10H16N2O2S3/c1-2-12-6-7-3-4-15-10-8(7)5-9(16-10)17(11,13)14/h5,7,12H,2-4,6H2,1H3,(H2,11,13,14). The highest BCUT2D eigenvalue weighted by molar-refractivity contribution is 8.01. The molecular weight excluding hydrogens is 276 g/mol. The van der Waals surface area contributed by atoms with Crippen LogP contribution >= 0.6 is 23.1 Å². The summed E-state index contributed by atoms with van der Waals surface area (Å²) in [6.07, 6.45) is 1.09. The second-order valence-electron chi connectivity index (χ2n) is 3.99. The molecule has 2 rings (SSSR count). The molecule has 2 heterocycles. The zero-order valence-electron chi connectivity index (χ0n) is 9.60. The van der Waals surface area contributed by atoms with E-state index in [1.807, 2.05) is 0 Å². The van der Waals surface area contributed by atoms with Crippen LogP contribution in [0.1, 0.15) is 24.8 Å². The maximum Gasteiger partial charge on any atom is 0.247 e. The number of rotatable bonds is 4. The lowest BCUT2D eigenvalue weighted by atomic mass is 9.99. The Morgan fingerprint density at radius 2 is 2.35 bits per heavy atom. The van der Waals surface area contributed by atoms with Crippen LogP contribution in [-0.2, 0) is 10.0 Å². The molecule has 96 valence electrons. The second-order valence-corrected chi connectivity index (χ2v) is 8.20. The molecule has 1 atom stereocenters. The lowest BCUT2D eigenvalue weighted by Crippen LogP contribution is -2.23. The Kier molecular flexibility index (Phi) is 4.14. The van der Waals surface area contributed by atoms with Crippen molar-refractivity contribution < 1.29 is 8.42 Å². The third-order valence-corrected chi connectivity index (χ3v) is 6.67. The molecule has 0 aliphatic carbocycles. The molecule has 1 unspecified atom stereocenters. The predicted octanol–water partition coefficient (Wildman–Crippen LogP) is 1.58. The molecule has 0 bridgehead atoms. The van der Waals surface area contributed by atoms with Gasteiger partial charge in [-0.05, 0) is 36.3 Å². The highest BCUT2D eigenvalue weighted by Crippen LogP contribution is 2.43. The first kappa shape index (κ1) is 13.4. The van der Waals surface area contributed by atoms with E-state index in [1.165, 1.54) is 11.3 Å². The van der Waals surface area contributed by atoms with Crippen LogP contribution in [0.3, 0.4) is 0 Å². The molecule has 0 saturated carbocycles. The average molecular weight is 292 g/mol. The van der Waals surface area contributed by atoms with E-state index in [2.05, 4.69) is 12.2 Å². The monoisotopic (exact) mass is 292 g/mol. The van der Waals surface area contributed by atoms with Crippen molar-refractivity contribution in [3.63, 3.8) is 0 Å². The Balaban J connectivity index is 2.28. The number of hydrogen-bond acceptors (Lipinski definition) is 5. The molecule has 0 spiro atoms. The number of fused-ring (bicyclic) bond motifs is 1. The summed E-state index contributed by atoms with van der Waals surface area (Å²) in [6, 6.07) is 1.75. The van der Waals surface area contributed by atoms with Gasteiger partial charge in [-0.15, -0.1) is 23.1 Å². The van der Waals surface area contributed by atoms with Gasteiger partial charge in [0.05, 0.1) is 4.21 Å². The van der Waals surface area contributed by atoms with Crippen molar-refractivity contribution in [2.45, 2.75) is 27.7 Å². The van der Waals surface area contributed by atoms with Crippen molar-refractivity contribution in [1.29, 1.82) is 0 Å². The zero-order chi connectivity index (χ0) is 12.5. The highest BCUT2D eigenvalue weighted by Gasteiger charge is 2.25. The average Bonchev–Trinajstić information content (AvgIpc) is 2.70. The molecule has 1 aromatic rings. The van der Waals surface area contributed by atoms with Gasteiger partial charge >= 0.3 is 0 Å². The summed E-state index contributed by atoms with van der Waals surface area (Å²) in [6.45, 7) is 3.91. The van der Waals surface area contributed by atoms with Crippen LogP contribution in [0, 0.1) is 0 Å². The third-order valence-electron chi connectivity index (χ3n) is 2.76. The highest BCUT2D eigenvalue weighted by atomic mass is 32.3. The molecule has 1 aliphatic heterocycles. The number of likely N-dealkylation sites (N-methyl/N-ethyl adjacent to an activating group) is 1. The van der Waals surface area contributed by atoms with Crippen molar-refractivity contribution in [3.8, 4) is 0 Å². The Hall–Kier alpha value is -0.0800. The fourth-order valence-electron chi connectivity index (χ4n) is 1.88. The van der Waals surface area contributed by atoms with E-state index in [0.29, 0.717) is 10.1 Å². The van der Waals surface area contributed by atoms with Gasteiger partial charge in [-0.3, -0.25) is 0 Å². The molecule has 3 N–H and O–H groups in total. The van der Waals surface area contributed by atoms with E-state index in [-0.39, 0.29) is 0 Å². The Bertz CT molecular complexity index is 496.